The molecule has 106 valence electrons. The Hall–Kier alpha value is -1.27. The lowest BCUT2D eigenvalue weighted by molar-refractivity contribution is 0.489. The Kier molecular flexibility index (Phi) is 4.31. The third-order valence-electron chi connectivity index (χ3n) is 3.66. The topological polar surface area (TPSA) is 84.2 Å². The fourth-order valence-electron chi connectivity index (χ4n) is 2.77. The first-order valence-electron chi connectivity index (χ1n) is 6.65. The number of nitrogens with two attached hydrogens (primary N) is 1. The highest BCUT2D eigenvalue weighted by atomic mass is 32.2. The van der Waals surface area contributed by atoms with Crippen molar-refractivity contribution in [3.05, 3.63) is 24.3 Å². The van der Waals surface area contributed by atoms with Crippen molar-refractivity contribution in [3.8, 4) is 0 Å². The molecule has 0 radical (unpaired) electrons. The maximum atomic E-state index is 11.0. The van der Waals surface area contributed by atoms with E-state index in [2.05, 4.69) is 17.0 Å². The van der Waals surface area contributed by atoms with Gasteiger partial charge in [-0.05, 0) is 37.0 Å². The van der Waals surface area contributed by atoms with Gasteiger partial charge in [0, 0.05) is 11.7 Å². The maximum Gasteiger partial charge on any atom is 0.296 e. The van der Waals surface area contributed by atoms with E-state index in [1.165, 1.54) is 25.7 Å². The van der Waals surface area contributed by atoms with E-state index in [-0.39, 0.29) is 0 Å². The fraction of sp³-hybridized carbons (Fsp3) is 0.538. The number of nitrogens with one attached hydrogen (secondary N) is 2. The molecule has 0 spiro atoms. The normalized spacial score (nSPS) is 23.3. The highest BCUT2D eigenvalue weighted by Gasteiger charge is 2.25. The van der Waals surface area contributed by atoms with Crippen LogP contribution in [0.15, 0.2) is 24.3 Å². The Morgan fingerprint density at radius 3 is 2.74 bits per heavy atom. The lowest BCUT2D eigenvalue weighted by Gasteiger charge is -2.21. The summed E-state index contributed by atoms with van der Waals surface area (Å²) in [7, 11) is -3.71. The molecule has 1 fully saturated rings. The van der Waals surface area contributed by atoms with Gasteiger partial charge in [-0.1, -0.05) is 25.8 Å². The van der Waals surface area contributed by atoms with E-state index in [1.54, 1.807) is 12.1 Å². The van der Waals surface area contributed by atoms with E-state index in [0.29, 0.717) is 17.6 Å². The molecule has 0 aliphatic heterocycles. The second kappa shape index (κ2) is 5.79. The van der Waals surface area contributed by atoms with Crippen LogP contribution in [0.3, 0.4) is 0 Å². The molecular weight excluding hydrogens is 262 g/mol. The standard InChI is InChI=1S/C13H21N3O2S/c1-2-10-5-3-8-13(10)15-11-6-4-7-12(9-11)16-19(14,17)18/h4,6-7,9-10,13,15-16H,2-3,5,8H2,1H3,(H2,14,17,18). The Morgan fingerprint density at radius 1 is 1.32 bits per heavy atom. The average Bonchev–Trinajstić information content (AvgIpc) is 2.74. The summed E-state index contributed by atoms with van der Waals surface area (Å²) in [5.41, 5.74) is 1.41. The zero-order chi connectivity index (χ0) is 13.9. The van der Waals surface area contributed by atoms with Crippen molar-refractivity contribution < 1.29 is 8.42 Å². The molecule has 19 heavy (non-hydrogen) atoms. The van der Waals surface area contributed by atoms with E-state index in [1.807, 2.05) is 12.1 Å². The maximum absolute atomic E-state index is 11.0. The molecule has 6 heteroatoms. The summed E-state index contributed by atoms with van der Waals surface area (Å²) in [5.74, 6) is 0.704. The predicted octanol–water partition coefficient (Wildman–Crippen LogP) is 2.29. The molecule has 1 saturated carbocycles. The highest BCUT2D eigenvalue weighted by molar-refractivity contribution is 7.90. The SMILES string of the molecule is CCC1CCCC1Nc1cccc(NS(N)(=O)=O)c1. The van der Waals surface area contributed by atoms with Gasteiger partial charge in [0.25, 0.3) is 10.2 Å². The van der Waals surface area contributed by atoms with E-state index in [9.17, 15) is 8.42 Å². The van der Waals surface area contributed by atoms with Crippen LogP contribution in [0.2, 0.25) is 0 Å². The Labute approximate surface area is 114 Å². The molecule has 5 nitrogen and oxygen atoms in total. The van der Waals surface area contributed by atoms with Gasteiger partial charge in [0.1, 0.15) is 0 Å². The summed E-state index contributed by atoms with van der Waals surface area (Å²) < 4.78 is 24.3. The third-order valence-corrected chi connectivity index (χ3v) is 4.18. The van der Waals surface area contributed by atoms with Gasteiger partial charge in [-0.15, -0.1) is 0 Å². The summed E-state index contributed by atoms with van der Waals surface area (Å²) in [6, 6.07) is 7.69. The Bertz CT molecular complexity index is 530. The number of hydrogen-bond acceptors (Lipinski definition) is 3. The van der Waals surface area contributed by atoms with Crippen LogP contribution in [-0.2, 0) is 10.2 Å². The number of benzene rings is 1. The van der Waals surface area contributed by atoms with Crippen molar-refractivity contribution in [2.45, 2.75) is 38.6 Å². The van der Waals surface area contributed by atoms with Gasteiger partial charge in [-0.25, -0.2) is 5.14 Å². The van der Waals surface area contributed by atoms with Gasteiger partial charge in [0.2, 0.25) is 0 Å². The van der Waals surface area contributed by atoms with Gasteiger partial charge < -0.3 is 5.32 Å². The summed E-state index contributed by atoms with van der Waals surface area (Å²) in [4.78, 5) is 0. The molecule has 1 aliphatic carbocycles. The molecule has 0 aromatic heterocycles. The first-order chi connectivity index (χ1) is 8.98. The van der Waals surface area contributed by atoms with Crippen molar-refractivity contribution in [1.82, 2.24) is 0 Å². The lowest BCUT2D eigenvalue weighted by Crippen LogP contribution is -2.24. The first kappa shape index (κ1) is 14.1. The van der Waals surface area contributed by atoms with Crippen molar-refractivity contribution in [2.24, 2.45) is 11.1 Å². The van der Waals surface area contributed by atoms with Crippen LogP contribution < -0.4 is 15.2 Å². The Morgan fingerprint density at radius 2 is 2.05 bits per heavy atom. The molecule has 1 aliphatic rings. The van der Waals surface area contributed by atoms with Crippen LogP contribution in [0.5, 0.6) is 0 Å². The summed E-state index contributed by atoms with van der Waals surface area (Å²) in [5, 5.41) is 8.46. The average molecular weight is 283 g/mol. The van der Waals surface area contributed by atoms with Crippen LogP contribution in [0.25, 0.3) is 0 Å². The highest BCUT2D eigenvalue weighted by Crippen LogP contribution is 2.31. The lowest BCUT2D eigenvalue weighted by atomic mass is 10.0. The largest absolute Gasteiger partial charge is 0.382 e. The molecule has 2 unspecified atom stereocenters. The summed E-state index contributed by atoms with van der Waals surface area (Å²) in [6.45, 7) is 2.21. The molecular formula is C13H21N3O2S. The zero-order valence-electron chi connectivity index (χ0n) is 11.1. The van der Waals surface area contributed by atoms with Crippen molar-refractivity contribution in [2.75, 3.05) is 10.0 Å². The van der Waals surface area contributed by atoms with E-state index in [0.717, 1.165) is 5.69 Å². The minimum Gasteiger partial charge on any atom is -0.382 e. The molecule has 0 saturated heterocycles. The predicted molar refractivity (Wildman–Crippen MR) is 78.2 cm³/mol. The second-order valence-electron chi connectivity index (χ2n) is 5.08. The first-order valence-corrected chi connectivity index (χ1v) is 8.19. The van der Waals surface area contributed by atoms with Gasteiger partial charge in [-0.3, -0.25) is 4.72 Å². The monoisotopic (exact) mass is 283 g/mol. The van der Waals surface area contributed by atoms with Crippen molar-refractivity contribution in [3.63, 3.8) is 0 Å². The van der Waals surface area contributed by atoms with Gasteiger partial charge in [-0.2, -0.15) is 8.42 Å². The van der Waals surface area contributed by atoms with Crippen molar-refractivity contribution >= 4 is 21.6 Å². The van der Waals surface area contributed by atoms with Crippen LogP contribution in [0, 0.1) is 5.92 Å². The summed E-state index contributed by atoms with van der Waals surface area (Å²) >= 11 is 0. The van der Waals surface area contributed by atoms with Gasteiger partial charge >= 0.3 is 0 Å². The minimum atomic E-state index is -3.71. The molecule has 0 bridgehead atoms. The number of hydrogen-bond donors (Lipinski definition) is 3. The minimum absolute atomic E-state index is 0.481. The van der Waals surface area contributed by atoms with E-state index >= 15 is 0 Å². The second-order valence-corrected chi connectivity index (χ2v) is 6.37. The summed E-state index contributed by atoms with van der Waals surface area (Å²) in [6.07, 6.45) is 4.87. The third kappa shape index (κ3) is 4.11. The molecule has 4 N–H and O–H groups in total. The molecule has 0 heterocycles. The molecule has 1 aromatic carbocycles. The van der Waals surface area contributed by atoms with Gasteiger partial charge in [0.15, 0.2) is 0 Å². The van der Waals surface area contributed by atoms with Crippen LogP contribution in [-0.4, -0.2) is 14.5 Å². The quantitative estimate of drug-likeness (QED) is 0.775. The smallest absolute Gasteiger partial charge is 0.296 e. The van der Waals surface area contributed by atoms with Crippen molar-refractivity contribution in [1.29, 1.82) is 0 Å². The van der Waals surface area contributed by atoms with E-state index < -0.39 is 10.2 Å². The molecule has 2 atom stereocenters. The Balaban J connectivity index is 2.07. The molecule has 0 amide bonds. The van der Waals surface area contributed by atoms with Gasteiger partial charge in [0.05, 0.1) is 5.69 Å². The van der Waals surface area contributed by atoms with Crippen LogP contribution >= 0.6 is 0 Å². The number of anilines is 2. The molecule has 1 aromatic rings. The number of rotatable bonds is 5. The molecule has 2 rings (SSSR count). The van der Waals surface area contributed by atoms with Crippen LogP contribution in [0.1, 0.15) is 32.6 Å². The van der Waals surface area contributed by atoms with Crippen LogP contribution in [0.4, 0.5) is 11.4 Å². The fourth-order valence-corrected chi connectivity index (χ4v) is 3.22. The van der Waals surface area contributed by atoms with E-state index in [4.69, 9.17) is 5.14 Å². The zero-order valence-corrected chi connectivity index (χ0v) is 11.9.